The predicted octanol–water partition coefficient (Wildman–Crippen LogP) is 4.54. The van der Waals surface area contributed by atoms with Gasteiger partial charge in [-0.2, -0.15) is 0 Å². The quantitative estimate of drug-likeness (QED) is 0.724. The predicted molar refractivity (Wildman–Crippen MR) is 78.9 cm³/mol. The molecule has 1 amide bonds. The van der Waals surface area contributed by atoms with E-state index in [0.717, 1.165) is 6.42 Å². The van der Waals surface area contributed by atoms with Crippen LogP contribution in [0.25, 0.3) is 0 Å². The van der Waals surface area contributed by atoms with Gasteiger partial charge in [0.25, 0.3) is 0 Å². The second kappa shape index (κ2) is 10.4. The third-order valence-electron chi connectivity index (χ3n) is 2.18. The molecule has 0 bridgehead atoms. The second-order valence-corrected chi connectivity index (χ2v) is 4.91. The Morgan fingerprint density at radius 2 is 1.41 bits per heavy atom. The first-order valence-corrected chi connectivity index (χ1v) is 6.65. The van der Waals surface area contributed by atoms with Crippen LogP contribution in [0.3, 0.4) is 0 Å². The van der Waals surface area contributed by atoms with Gasteiger partial charge in [0.1, 0.15) is 0 Å². The van der Waals surface area contributed by atoms with Crippen LogP contribution in [0.2, 0.25) is 0 Å². The molecule has 0 aromatic rings. The van der Waals surface area contributed by atoms with E-state index >= 15 is 0 Å². The number of allylic oxidation sites excluding steroid dienone is 2. The van der Waals surface area contributed by atoms with E-state index in [1.165, 1.54) is 0 Å². The van der Waals surface area contributed by atoms with Crippen LogP contribution in [0.4, 0.5) is 0 Å². The summed E-state index contributed by atoms with van der Waals surface area (Å²) in [5.41, 5.74) is 4.92. The lowest BCUT2D eigenvalue weighted by Crippen LogP contribution is -2.35. The van der Waals surface area contributed by atoms with Crippen LogP contribution in [0, 0.1) is 10.8 Å². The zero-order chi connectivity index (χ0) is 14.7. The van der Waals surface area contributed by atoms with Crippen LogP contribution in [0.1, 0.15) is 68.7 Å². The van der Waals surface area contributed by atoms with Crippen molar-refractivity contribution in [2.24, 2.45) is 16.6 Å². The van der Waals surface area contributed by atoms with Gasteiger partial charge in [0, 0.05) is 5.41 Å². The Hall–Kier alpha value is -0.790. The fourth-order valence-electron chi connectivity index (χ4n) is 1.74. The van der Waals surface area contributed by atoms with Gasteiger partial charge in [0.15, 0.2) is 0 Å². The minimum Gasteiger partial charge on any atom is -0.369 e. The first kappa shape index (κ1) is 21.5. The molecule has 0 spiro atoms. The van der Waals surface area contributed by atoms with E-state index in [-0.39, 0.29) is 11.3 Å². The van der Waals surface area contributed by atoms with Gasteiger partial charge in [0.05, 0.1) is 0 Å². The van der Waals surface area contributed by atoms with Gasteiger partial charge >= 0.3 is 0 Å². The van der Waals surface area contributed by atoms with Crippen LogP contribution >= 0.6 is 0 Å². The summed E-state index contributed by atoms with van der Waals surface area (Å²) in [6.45, 7) is 18.0. The lowest BCUT2D eigenvalue weighted by molar-refractivity contribution is -0.127. The second-order valence-electron chi connectivity index (χ2n) is 4.91. The van der Waals surface area contributed by atoms with Crippen molar-refractivity contribution in [2.75, 3.05) is 0 Å². The van der Waals surface area contributed by atoms with Crippen LogP contribution in [-0.4, -0.2) is 5.91 Å². The maximum absolute atomic E-state index is 11.1. The highest BCUT2D eigenvalue weighted by Gasteiger charge is 2.31. The number of primary amides is 1. The lowest BCUT2D eigenvalue weighted by atomic mass is 9.74. The highest BCUT2D eigenvalue weighted by Crippen LogP contribution is 2.34. The Bertz CT molecular complexity index is 215. The largest absolute Gasteiger partial charge is 0.369 e. The summed E-state index contributed by atoms with van der Waals surface area (Å²) in [6, 6.07) is 0. The summed E-state index contributed by atoms with van der Waals surface area (Å²) >= 11 is 0. The highest BCUT2D eigenvalue weighted by atomic mass is 16.1. The molecule has 0 aromatic carbocycles. The van der Waals surface area contributed by atoms with E-state index in [4.69, 9.17) is 5.73 Å². The number of carbonyl (C=O) groups is 1. The van der Waals surface area contributed by atoms with Crippen molar-refractivity contribution in [1.29, 1.82) is 0 Å². The molecule has 0 radical (unpaired) electrons. The van der Waals surface area contributed by atoms with Crippen LogP contribution in [0.5, 0.6) is 0 Å². The normalized spacial score (nSPS) is 11.1. The summed E-state index contributed by atoms with van der Waals surface area (Å²) in [5, 5.41) is 0. The highest BCUT2D eigenvalue weighted by molar-refractivity contribution is 5.79. The zero-order valence-electron chi connectivity index (χ0n) is 13.3. The van der Waals surface area contributed by atoms with Crippen molar-refractivity contribution in [3.05, 3.63) is 12.2 Å². The minimum atomic E-state index is -0.428. The van der Waals surface area contributed by atoms with Gasteiger partial charge in [-0.15, -0.1) is 0 Å². The van der Waals surface area contributed by atoms with Crippen molar-refractivity contribution in [1.82, 2.24) is 0 Å². The van der Waals surface area contributed by atoms with Crippen molar-refractivity contribution in [3.8, 4) is 0 Å². The molecule has 0 aliphatic carbocycles. The van der Waals surface area contributed by atoms with E-state index in [1.807, 2.05) is 54.5 Å². The molecular weight excluding hydrogens is 210 g/mol. The molecule has 2 heteroatoms. The average Bonchev–Trinajstić information content (AvgIpc) is 2.21. The molecule has 2 nitrogen and oxygen atoms in total. The first-order valence-electron chi connectivity index (χ1n) is 6.65. The third kappa shape index (κ3) is 11.5. The Morgan fingerprint density at radius 3 is 1.65 bits per heavy atom. The SMILES string of the molecule is C/C=C/C(C)(C)CC(C)(C)C(N)=O.CC.CC. The molecule has 0 atom stereocenters. The fraction of sp³-hybridized carbons (Fsp3) is 0.800. The van der Waals surface area contributed by atoms with Gasteiger partial charge in [-0.1, -0.05) is 67.5 Å². The van der Waals surface area contributed by atoms with E-state index in [9.17, 15) is 4.79 Å². The number of hydrogen-bond acceptors (Lipinski definition) is 1. The van der Waals surface area contributed by atoms with Crippen molar-refractivity contribution < 1.29 is 4.79 Å². The average molecular weight is 243 g/mol. The van der Waals surface area contributed by atoms with Gasteiger partial charge in [0.2, 0.25) is 5.91 Å². The van der Waals surface area contributed by atoms with E-state index in [1.54, 1.807) is 0 Å². The monoisotopic (exact) mass is 243 g/mol. The molecule has 0 rings (SSSR count). The van der Waals surface area contributed by atoms with Crippen LogP contribution in [-0.2, 0) is 4.79 Å². The smallest absolute Gasteiger partial charge is 0.223 e. The summed E-state index contributed by atoms with van der Waals surface area (Å²) < 4.78 is 0. The number of hydrogen-bond donors (Lipinski definition) is 1. The van der Waals surface area contributed by atoms with E-state index < -0.39 is 5.41 Å². The van der Waals surface area contributed by atoms with E-state index in [2.05, 4.69) is 19.9 Å². The Kier molecular flexibility index (Phi) is 13.1. The number of rotatable bonds is 4. The number of nitrogens with two attached hydrogens (primary N) is 1. The molecular formula is C15H33NO. The molecule has 104 valence electrons. The summed E-state index contributed by atoms with van der Waals surface area (Å²) in [4.78, 5) is 11.1. The van der Waals surface area contributed by atoms with Gasteiger partial charge in [-0.3, -0.25) is 4.79 Å². The molecule has 0 fully saturated rings. The molecule has 2 N–H and O–H groups in total. The van der Waals surface area contributed by atoms with Crippen molar-refractivity contribution >= 4 is 5.91 Å². The van der Waals surface area contributed by atoms with Gasteiger partial charge in [-0.25, -0.2) is 0 Å². The Balaban J connectivity index is -0.000000439. The number of carbonyl (C=O) groups excluding carboxylic acids is 1. The summed E-state index contributed by atoms with van der Waals surface area (Å²) in [6.07, 6.45) is 4.90. The zero-order valence-corrected chi connectivity index (χ0v) is 13.3. The summed E-state index contributed by atoms with van der Waals surface area (Å²) in [5.74, 6) is -0.231. The van der Waals surface area contributed by atoms with Crippen LogP contribution in [0.15, 0.2) is 12.2 Å². The van der Waals surface area contributed by atoms with Gasteiger partial charge < -0.3 is 5.73 Å². The molecule has 0 aliphatic heterocycles. The molecule has 17 heavy (non-hydrogen) atoms. The Labute approximate surface area is 109 Å². The molecule has 0 saturated carbocycles. The van der Waals surface area contributed by atoms with Crippen LogP contribution < -0.4 is 5.73 Å². The number of amides is 1. The standard InChI is InChI=1S/C11H21NO.2C2H6/c1-6-7-10(2,3)8-11(4,5)9(12)13;2*1-2/h6-7H,8H2,1-5H3,(H2,12,13);2*1-2H3/b7-6+;;. The summed E-state index contributed by atoms with van der Waals surface area (Å²) in [7, 11) is 0. The lowest BCUT2D eigenvalue weighted by Gasteiger charge is -2.30. The van der Waals surface area contributed by atoms with Crippen molar-refractivity contribution in [3.63, 3.8) is 0 Å². The Morgan fingerprint density at radius 1 is 1.06 bits per heavy atom. The first-order chi connectivity index (χ1) is 7.71. The molecule has 0 saturated heterocycles. The molecule has 0 unspecified atom stereocenters. The topological polar surface area (TPSA) is 43.1 Å². The van der Waals surface area contributed by atoms with Gasteiger partial charge in [-0.05, 0) is 18.8 Å². The van der Waals surface area contributed by atoms with E-state index in [0.29, 0.717) is 0 Å². The fourth-order valence-corrected chi connectivity index (χ4v) is 1.74. The maximum atomic E-state index is 11.1. The third-order valence-corrected chi connectivity index (χ3v) is 2.18. The molecule has 0 heterocycles. The molecule has 0 aromatic heterocycles. The van der Waals surface area contributed by atoms with Crippen molar-refractivity contribution in [2.45, 2.75) is 68.7 Å². The molecule has 0 aliphatic rings. The minimum absolute atomic E-state index is 0.0350. The maximum Gasteiger partial charge on any atom is 0.223 e.